The second kappa shape index (κ2) is 4.57. The highest BCUT2D eigenvalue weighted by Gasteiger charge is 2.20. The van der Waals surface area contributed by atoms with E-state index in [-0.39, 0.29) is 6.17 Å². The van der Waals surface area contributed by atoms with Crippen molar-refractivity contribution in [3.8, 4) is 0 Å². The Bertz CT molecular complexity index is 507. The van der Waals surface area contributed by atoms with Crippen molar-refractivity contribution in [1.82, 2.24) is 10.6 Å². The third kappa shape index (κ3) is 1.97. The molecule has 3 rings (SSSR count). The fourth-order valence-corrected chi connectivity index (χ4v) is 2.28. The molecule has 0 aromatic heterocycles. The topological polar surface area (TPSA) is 24.1 Å². The van der Waals surface area contributed by atoms with Crippen molar-refractivity contribution in [3.63, 3.8) is 0 Å². The molecule has 0 fully saturated rings. The van der Waals surface area contributed by atoms with Gasteiger partial charge in [0.1, 0.15) is 0 Å². The van der Waals surface area contributed by atoms with Crippen LogP contribution >= 0.6 is 0 Å². The molecule has 0 unspecified atom stereocenters. The molecule has 0 saturated heterocycles. The molecule has 0 saturated carbocycles. The summed E-state index contributed by atoms with van der Waals surface area (Å²) in [4.78, 5) is 0. The minimum absolute atomic E-state index is 0.260. The van der Waals surface area contributed by atoms with Crippen LogP contribution in [-0.2, 0) is 0 Å². The molecule has 90 valence electrons. The number of hydrogen-bond donors (Lipinski definition) is 2. The van der Waals surface area contributed by atoms with E-state index >= 15 is 0 Å². The largest absolute Gasteiger partial charge is 0.363 e. The lowest BCUT2D eigenvalue weighted by molar-refractivity contribution is 0.638. The van der Waals surface area contributed by atoms with Crippen molar-refractivity contribution >= 4 is 11.4 Å². The van der Waals surface area contributed by atoms with Crippen LogP contribution in [0.2, 0.25) is 0 Å². The first kappa shape index (κ1) is 10.9. The normalized spacial score (nSPS) is 15.4. The van der Waals surface area contributed by atoms with Crippen molar-refractivity contribution in [2.75, 3.05) is 0 Å². The first-order valence-electron chi connectivity index (χ1n) is 6.23. The summed E-state index contributed by atoms with van der Waals surface area (Å²) in [5, 5.41) is 6.97. The Balaban J connectivity index is 2.09. The monoisotopic (exact) mass is 236 g/mol. The number of hydrogen-bond acceptors (Lipinski definition) is 2. The standard InChI is InChI=1S/C16H16N2/c1-12-17-15(13-8-4-2-5-9-13)16(18-12)14-10-6-3-7-11-14/h2-12,17-18H,1H3. The molecule has 1 aliphatic rings. The van der Waals surface area contributed by atoms with Gasteiger partial charge in [0.2, 0.25) is 0 Å². The van der Waals surface area contributed by atoms with E-state index in [1.807, 2.05) is 12.1 Å². The van der Waals surface area contributed by atoms with Crippen LogP contribution in [0.15, 0.2) is 60.7 Å². The summed E-state index contributed by atoms with van der Waals surface area (Å²) in [6, 6.07) is 20.9. The molecule has 1 aliphatic heterocycles. The molecule has 0 aliphatic carbocycles. The van der Waals surface area contributed by atoms with Crippen molar-refractivity contribution in [1.29, 1.82) is 0 Å². The van der Waals surface area contributed by atoms with Gasteiger partial charge >= 0.3 is 0 Å². The van der Waals surface area contributed by atoms with Gasteiger partial charge < -0.3 is 10.6 Å². The molecule has 2 heteroatoms. The van der Waals surface area contributed by atoms with E-state index in [9.17, 15) is 0 Å². The molecule has 0 spiro atoms. The maximum absolute atomic E-state index is 3.49. The maximum Gasteiger partial charge on any atom is 0.0936 e. The summed E-state index contributed by atoms with van der Waals surface area (Å²) < 4.78 is 0. The van der Waals surface area contributed by atoms with Crippen molar-refractivity contribution in [2.45, 2.75) is 13.1 Å². The van der Waals surface area contributed by atoms with Gasteiger partial charge in [0.25, 0.3) is 0 Å². The lowest BCUT2D eigenvalue weighted by atomic mass is 10.1. The summed E-state index contributed by atoms with van der Waals surface area (Å²) in [6.07, 6.45) is 0.260. The first-order chi connectivity index (χ1) is 8.84. The van der Waals surface area contributed by atoms with Crippen LogP contribution in [0.1, 0.15) is 18.1 Å². The summed E-state index contributed by atoms with van der Waals surface area (Å²) in [5.74, 6) is 0. The second-order valence-electron chi connectivity index (χ2n) is 4.49. The average Bonchev–Trinajstić information content (AvgIpc) is 2.83. The Morgan fingerprint density at radius 2 is 1.06 bits per heavy atom. The Labute approximate surface area is 107 Å². The SMILES string of the molecule is CC1NC(c2ccccc2)=C(c2ccccc2)N1. The third-order valence-corrected chi connectivity index (χ3v) is 3.10. The van der Waals surface area contributed by atoms with Crippen LogP contribution in [-0.4, -0.2) is 6.17 Å². The van der Waals surface area contributed by atoms with Crippen LogP contribution in [0, 0.1) is 0 Å². The lowest BCUT2D eigenvalue weighted by Crippen LogP contribution is -2.28. The highest BCUT2D eigenvalue weighted by molar-refractivity contribution is 5.91. The zero-order valence-electron chi connectivity index (χ0n) is 10.4. The molecule has 2 aromatic carbocycles. The molecule has 0 bridgehead atoms. The van der Waals surface area contributed by atoms with Gasteiger partial charge in [-0.05, 0) is 18.1 Å². The van der Waals surface area contributed by atoms with E-state index in [1.54, 1.807) is 0 Å². The smallest absolute Gasteiger partial charge is 0.0936 e. The zero-order chi connectivity index (χ0) is 12.4. The number of rotatable bonds is 2. The molecule has 0 amide bonds. The molecular formula is C16H16N2. The number of benzene rings is 2. The molecule has 2 nitrogen and oxygen atoms in total. The molecule has 0 radical (unpaired) electrons. The van der Waals surface area contributed by atoms with E-state index in [2.05, 4.69) is 66.1 Å². The Hall–Kier alpha value is -2.22. The third-order valence-electron chi connectivity index (χ3n) is 3.10. The Kier molecular flexibility index (Phi) is 2.77. The highest BCUT2D eigenvalue weighted by Crippen LogP contribution is 2.26. The van der Waals surface area contributed by atoms with Crippen LogP contribution < -0.4 is 10.6 Å². The number of nitrogens with one attached hydrogen (secondary N) is 2. The van der Waals surface area contributed by atoms with Crippen LogP contribution in [0.25, 0.3) is 11.4 Å². The quantitative estimate of drug-likeness (QED) is 0.837. The van der Waals surface area contributed by atoms with Crippen molar-refractivity contribution < 1.29 is 0 Å². The van der Waals surface area contributed by atoms with Crippen LogP contribution in [0.4, 0.5) is 0 Å². The van der Waals surface area contributed by atoms with E-state index in [0.29, 0.717) is 0 Å². The summed E-state index contributed by atoms with van der Waals surface area (Å²) >= 11 is 0. The molecule has 18 heavy (non-hydrogen) atoms. The van der Waals surface area contributed by atoms with Gasteiger partial charge in [-0.3, -0.25) is 0 Å². The van der Waals surface area contributed by atoms with Gasteiger partial charge in [0, 0.05) is 0 Å². The van der Waals surface area contributed by atoms with E-state index < -0.39 is 0 Å². The fourth-order valence-electron chi connectivity index (χ4n) is 2.28. The first-order valence-corrected chi connectivity index (χ1v) is 6.23. The van der Waals surface area contributed by atoms with Gasteiger partial charge in [-0.15, -0.1) is 0 Å². The van der Waals surface area contributed by atoms with Gasteiger partial charge in [0.15, 0.2) is 0 Å². The van der Waals surface area contributed by atoms with Gasteiger partial charge in [-0.1, -0.05) is 60.7 Å². The van der Waals surface area contributed by atoms with Crippen LogP contribution in [0.3, 0.4) is 0 Å². The zero-order valence-corrected chi connectivity index (χ0v) is 10.4. The lowest BCUT2D eigenvalue weighted by Gasteiger charge is -2.07. The van der Waals surface area contributed by atoms with Crippen molar-refractivity contribution in [2.24, 2.45) is 0 Å². The summed E-state index contributed by atoms with van der Waals surface area (Å²) in [7, 11) is 0. The highest BCUT2D eigenvalue weighted by atomic mass is 15.2. The van der Waals surface area contributed by atoms with Crippen molar-refractivity contribution in [3.05, 3.63) is 71.8 Å². The Morgan fingerprint density at radius 1 is 0.667 bits per heavy atom. The minimum atomic E-state index is 0.260. The van der Waals surface area contributed by atoms with E-state index in [0.717, 1.165) is 0 Å². The molecule has 2 aromatic rings. The van der Waals surface area contributed by atoms with Gasteiger partial charge in [0.05, 0.1) is 17.6 Å². The predicted octanol–water partition coefficient (Wildman–Crippen LogP) is 3.05. The average molecular weight is 236 g/mol. The minimum Gasteiger partial charge on any atom is -0.363 e. The van der Waals surface area contributed by atoms with Gasteiger partial charge in [-0.2, -0.15) is 0 Å². The van der Waals surface area contributed by atoms with E-state index in [4.69, 9.17) is 0 Å². The maximum atomic E-state index is 3.49. The second-order valence-corrected chi connectivity index (χ2v) is 4.49. The fraction of sp³-hybridized carbons (Fsp3) is 0.125. The summed E-state index contributed by atoms with van der Waals surface area (Å²) in [5.41, 5.74) is 4.78. The molecular weight excluding hydrogens is 220 g/mol. The molecule has 0 atom stereocenters. The predicted molar refractivity (Wildman–Crippen MR) is 75.4 cm³/mol. The molecule has 2 N–H and O–H groups in total. The van der Waals surface area contributed by atoms with E-state index in [1.165, 1.54) is 22.5 Å². The molecule has 1 heterocycles. The summed E-state index contributed by atoms with van der Waals surface area (Å²) in [6.45, 7) is 2.12. The van der Waals surface area contributed by atoms with Gasteiger partial charge in [-0.25, -0.2) is 0 Å². The Morgan fingerprint density at radius 3 is 1.44 bits per heavy atom. The van der Waals surface area contributed by atoms with Crippen LogP contribution in [0.5, 0.6) is 0 Å².